The maximum absolute atomic E-state index is 11.5. The Labute approximate surface area is 114 Å². The van der Waals surface area contributed by atoms with Gasteiger partial charge in [0.2, 0.25) is 6.23 Å². The molecular formula is C14H22N2O3. The quantitative estimate of drug-likeness (QED) is 0.548. The molecule has 0 aliphatic heterocycles. The summed E-state index contributed by atoms with van der Waals surface area (Å²) in [4.78, 5) is 15.4. The summed E-state index contributed by atoms with van der Waals surface area (Å²) >= 11 is 0. The van der Waals surface area contributed by atoms with Crippen molar-refractivity contribution < 1.29 is 14.3 Å². The number of nitrogens with zero attached hydrogens (tertiary/aromatic N) is 2. The summed E-state index contributed by atoms with van der Waals surface area (Å²) in [6, 6.07) is 10.1. The first-order valence-corrected chi connectivity index (χ1v) is 6.17. The summed E-state index contributed by atoms with van der Waals surface area (Å²) < 4.78 is 9.83. The van der Waals surface area contributed by atoms with Crippen LogP contribution in [0, 0.1) is 0 Å². The molecule has 0 saturated carbocycles. The van der Waals surface area contributed by atoms with Gasteiger partial charge in [0.25, 0.3) is 0 Å². The van der Waals surface area contributed by atoms with E-state index in [9.17, 15) is 4.79 Å². The van der Waals surface area contributed by atoms with E-state index in [0.717, 1.165) is 12.2 Å². The lowest BCUT2D eigenvalue weighted by Crippen LogP contribution is -2.44. The summed E-state index contributed by atoms with van der Waals surface area (Å²) in [7, 11) is 6.71. The molecule has 0 heterocycles. The van der Waals surface area contributed by atoms with Gasteiger partial charge in [-0.1, -0.05) is 18.2 Å². The Hall–Kier alpha value is -1.59. The molecule has 1 aromatic rings. The lowest BCUT2D eigenvalue weighted by atomic mass is 10.3. The Morgan fingerprint density at radius 2 is 1.79 bits per heavy atom. The van der Waals surface area contributed by atoms with Gasteiger partial charge in [0.15, 0.2) is 0 Å². The van der Waals surface area contributed by atoms with E-state index >= 15 is 0 Å². The summed E-state index contributed by atoms with van der Waals surface area (Å²) in [5.41, 5.74) is 1.14. The summed E-state index contributed by atoms with van der Waals surface area (Å²) in [6.07, 6.45) is -0.658. The Bertz CT molecular complexity index is 384. The molecule has 0 aliphatic carbocycles. The van der Waals surface area contributed by atoms with Crippen molar-refractivity contribution in [3.05, 3.63) is 30.3 Å². The maximum Gasteiger partial charge on any atom is 0.350 e. The number of hydrogen-bond donors (Lipinski definition) is 0. The van der Waals surface area contributed by atoms with Crippen LogP contribution in [-0.2, 0) is 14.3 Å². The average molecular weight is 266 g/mol. The summed E-state index contributed by atoms with van der Waals surface area (Å²) in [6.45, 7) is 1.48. The number of rotatable bonds is 7. The zero-order valence-electron chi connectivity index (χ0n) is 12.0. The SMILES string of the molecule is COC(=O)C(OC)N(C)CCN(C)c1ccccc1. The second-order valence-corrected chi connectivity index (χ2v) is 4.35. The minimum atomic E-state index is -0.658. The average Bonchev–Trinajstić information content (AvgIpc) is 2.46. The molecule has 5 nitrogen and oxygen atoms in total. The number of carbonyl (C=O) groups is 1. The molecule has 0 aliphatic rings. The topological polar surface area (TPSA) is 42.0 Å². The number of anilines is 1. The molecule has 0 saturated heterocycles. The predicted molar refractivity (Wildman–Crippen MR) is 75.2 cm³/mol. The van der Waals surface area contributed by atoms with Crippen LogP contribution in [0.5, 0.6) is 0 Å². The van der Waals surface area contributed by atoms with Crippen LogP contribution in [0.4, 0.5) is 5.69 Å². The number of hydrogen-bond acceptors (Lipinski definition) is 5. The van der Waals surface area contributed by atoms with E-state index in [1.807, 2.05) is 49.3 Å². The van der Waals surface area contributed by atoms with Crippen molar-refractivity contribution in [1.29, 1.82) is 0 Å². The number of methoxy groups -OCH3 is 2. The van der Waals surface area contributed by atoms with Crippen LogP contribution in [0.25, 0.3) is 0 Å². The zero-order valence-corrected chi connectivity index (χ0v) is 12.0. The van der Waals surface area contributed by atoms with Crippen LogP contribution in [0.15, 0.2) is 30.3 Å². The van der Waals surface area contributed by atoms with Crippen LogP contribution in [0.3, 0.4) is 0 Å². The first-order chi connectivity index (χ1) is 9.10. The molecule has 0 radical (unpaired) electrons. The van der Waals surface area contributed by atoms with Gasteiger partial charge in [-0.2, -0.15) is 0 Å². The molecular weight excluding hydrogens is 244 g/mol. The molecule has 1 unspecified atom stereocenters. The molecule has 0 fully saturated rings. The standard InChI is InChI=1S/C14H22N2O3/c1-15(12-8-6-5-7-9-12)10-11-16(2)13(18-3)14(17)19-4/h5-9,13H,10-11H2,1-4H3. The van der Waals surface area contributed by atoms with Crippen molar-refractivity contribution in [2.24, 2.45) is 0 Å². The van der Waals surface area contributed by atoms with Crippen molar-refractivity contribution in [1.82, 2.24) is 4.90 Å². The third-order valence-corrected chi connectivity index (χ3v) is 3.01. The Morgan fingerprint density at radius 3 is 2.32 bits per heavy atom. The highest BCUT2D eigenvalue weighted by molar-refractivity contribution is 5.74. The van der Waals surface area contributed by atoms with Crippen LogP contribution >= 0.6 is 0 Å². The lowest BCUT2D eigenvalue weighted by Gasteiger charge is -2.27. The van der Waals surface area contributed by atoms with Crippen LogP contribution in [-0.4, -0.2) is 58.5 Å². The molecule has 0 aromatic heterocycles. The maximum atomic E-state index is 11.5. The first-order valence-electron chi connectivity index (χ1n) is 6.17. The predicted octanol–water partition coefficient (Wildman–Crippen LogP) is 1.20. The van der Waals surface area contributed by atoms with Crippen molar-refractivity contribution in [3.8, 4) is 0 Å². The van der Waals surface area contributed by atoms with E-state index in [1.54, 1.807) is 0 Å². The van der Waals surface area contributed by atoms with Gasteiger partial charge in [0.1, 0.15) is 0 Å². The van der Waals surface area contributed by atoms with Gasteiger partial charge in [0.05, 0.1) is 7.11 Å². The van der Waals surface area contributed by atoms with Crippen molar-refractivity contribution >= 4 is 11.7 Å². The Kier molecular flexibility index (Phi) is 6.32. The van der Waals surface area contributed by atoms with E-state index in [4.69, 9.17) is 9.47 Å². The van der Waals surface area contributed by atoms with Gasteiger partial charge in [0, 0.05) is 32.9 Å². The van der Waals surface area contributed by atoms with E-state index < -0.39 is 6.23 Å². The largest absolute Gasteiger partial charge is 0.466 e. The van der Waals surface area contributed by atoms with E-state index in [0.29, 0.717) is 6.54 Å². The van der Waals surface area contributed by atoms with Gasteiger partial charge in [-0.3, -0.25) is 4.90 Å². The van der Waals surface area contributed by atoms with Crippen LogP contribution < -0.4 is 4.90 Å². The van der Waals surface area contributed by atoms with Crippen molar-refractivity contribution in [2.45, 2.75) is 6.23 Å². The highest BCUT2D eigenvalue weighted by Gasteiger charge is 2.23. The fraction of sp³-hybridized carbons (Fsp3) is 0.500. The Morgan fingerprint density at radius 1 is 1.16 bits per heavy atom. The first kappa shape index (κ1) is 15.5. The molecule has 1 atom stereocenters. The molecule has 5 heteroatoms. The summed E-state index contributed by atoms with van der Waals surface area (Å²) in [5.74, 6) is -0.382. The van der Waals surface area contributed by atoms with Crippen LogP contribution in [0.2, 0.25) is 0 Å². The molecule has 1 aromatic carbocycles. The molecule has 19 heavy (non-hydrogen) atoms. The summed E-state index contributed by atoms with van der Waals surface area (Å²) in [5, 5.41) is 0. The smallest absolute Gasteiger partial charge is 0.350 e. The third kappa shape index (κ3) is 4.54. The minimum absolute atomic E-state index is 0.382. The molecule has 0 amide bonds. The minimum Gasteiger partial charge on any atom is -0.466 e. The monoisotopic (exact) mass is 266 g/mol. The molecule has 0 N–H and O–H groups in total. The highest BCUT2D eigenvalue weighted by atomic mass is 16.6. The Balaban J connectivity index is 2.49. The molecule has 0 bridgehead atoms. The number of ether oxygens (including phenoxy) is 2. The van der Waals surface area contributed by atoms with Gasteiger partial charge >= 0.3 is 5.97 Å². The van der Waals surface area contributed by atoms with E-state index in [1.165, 1.54) is 14.2 Å². The highest BCUT2D eigenvalue weighted by Crippen LogP contribution is 2.10. The molecule has 0 spiro atoms. The van der Waals surface area contributed by atoms with E-state index in [2.05, 4.69) is 4.90 Å². The number of likely N-dealkylation sites (N-methyl/N-ethyl adjacent to an activating group) is 2. The fourth-order valence-electron chi connectivity index (χ4n) is 1.79. The second kappa shape index (κ2) is 7.76. The molecule has 106 valence electrons. The molecule has 1 rings (SSSR count). The van der Waals surface area contributed by atoms with Crippen molar-refractivity contribution in [3.63, 3.8) is 0 Å². The second-order valence-electron chi connectivity index (χ2n) is 4.35. The van der Waals surface area contributed by atoms with Gasteiger partial charge in [-0.05, 0) is 19.2 Å². The lowest BCUT2D eigenvalue weighted by molar-refractivity contribution is -0.163. The van der Waals surface area contributed by atoms with E-state index in [-0.39, 0.29) is 5.97 Å². The number of carbonyl (C=O) groups excluding carboxylic acids is 1. The van der Waals surface area contributed by atoms with Gasteiger partial charge in [-0.15, -0.1) is 0 Å². The van der Waals surface area contributed by atoms with Crippen LogP contribution in [0.1, 0.15) is 0 Å². The normalized spacial score (nSPS) is 12.3. The fourth-order valence-corrected chi connectivity index (χ4v) is 1.79. The third-order valence-electron chi connectivity index (χ3n) is 3.01. The number of para-hydroxylation sites is 1. The van der Waals surface area contributed by atoms with Crippen molar-refractivity contribution in [2.75, 3.05) is 46.3 Å². The van der Waals surface area contributed by atoms with Gasteiger partial charge in [-0.25, -0.2) is 4.79 Å². The zero-order chi connectivity index (χ0) is 14.3. The number of benzene rings is 1. The number of esters is 1. The van der Waals surface area contributed by atoms with Gasteiger partial charge < -0.3 is 14.4 Å².